The topological polar surface area (TPSA) is 91.8 Å². The number of hydrogen-bond donors (Lipinski definition) is 3. The number of carbonyl (C=O) groups excluding carboxylic acids is 1. The number of aryl methyl sites for hydroxylation is 3. The van der Waals surface area contributed by atoms with Gasteiger partial charge in [0.05, 0.1) is 12.6 Å². The number of carbonyl (C=O) groups is 1. The Bertz CT molecular complexity index is 776. The van der Waals surface area contributed by atoms with Crippen LogP contribution >= 0.6 is 0 Å². The van der Waals surface area contributed by atoms with Crippen molar-refractivity contribution in [2.24, 2.45) is 13.0 Å². The summed E-state index contributed by atoms with van der Waals surface area (Å²) in [5, 5.41) is 5.69. The largest absolute Gasteiger partial charge is 0.336 e. The Balaban J connectivity index is 2.05. The Labute approximate surface area is 141 Å². The van der Waals surface area contributed by atoms with Crippen LogP contribution in [0.1, 0.15) is 42.5 Å². The monoisotopic (exact) mass is 331 g/mol. The molecule has 2 aromatic heterocycles. The van der Waals surface area contributed by atoms with Crippen LogP contribution < -0.4 is 16.2 Å². The zero-order chi connectivity index (χ0) is 17.9. The van der Waals surface area contributed by atoms with Gasteiger partial charge < -0.3 is 20.2 Å². The van der Waals surface area contributed by atoms with Gasteiger partial charge in [-0.3, -0.25) is 4.79 Å². The second-order valence-corrected chi connectivity index (χ2v) is 6.39. The van der Waals surface area contributed by atoms with Crippen LogP contribution in [0.25, 0.3) is 0 Å². The Morgan fingerprint density at radius 3 is 2.62 bits per heavy atom. The van der Waals surface area contributed by atoms with Crippen molar-refractivity contribution in [3.05, 3.63) is 51.5 Å². The van der Waals surface area contributed by atoms with Crippen LogP contribution in [0.15, 0.2) is 23.3 Å². The summed E-state index contributed by atoms with van der Waals surface area (Å²) in [6.45, 7) is 7.92. The van der Waals surface area contributed by atoms with E-state index in [4.69, 9.17) is 0 Å². The third-order valence-electron chi connectivity index (χ3n) is 4.01. The molecule has 24 heavy (non-hydrogen) atoms. The van der Waals surface area contributed by atoms with E-state index in [1.165, 1.54) is 0 Å². The maximum absolute atomic E-state index is 12.3. The van der Waals surface area contributed by atoms with Gasteiger partial charge in [-0.1, -0.05) is 13.8 Å². The van der Waals surface area contributed by atoms with Crippen molar-refractivity contribution in [1.82, 2.24) is 25.2 Å². The number of urea groups is 1. The van der Waals surface area contributed by atoms with Crippen LogP contribution in [-0.2, 0) is 13.6 Å². The van der Waals surface area contributed by atoms with Crippen LogP contribution in [0.5, 0.6) is 0 Å². The summed E-state index contributed by atoms with van der Waals surface area (Å²) < 4.78 is 1.89. The average Bonchev–Trinajstić information content (AvgIpc) is 2.89. The molecule has 0 spiro atoms. The highest BCUT2D eigenvalue weighted by Gasteiger charge is 2.22. The second-order valence-electron chi connectivity index (χ2n) is 6.39. The molecule has 3 N–H and O–H groups in total. The first kappa shape index (κ1) is 17.8. The van der Waals surface area contributed by atoms with Crippen LogP contribution in [0.3, 0.4) is 0 Å². The number of nitrogens with zero attached hydrogens (tertiary/aromatic N) is 2. The first-order valence-corrected chi connectivity index (χ1v) is 8.00. The van der Waals surface area contributed by atoms with Crippen molar-refractivity contribution in [2.75, 3.05) is 0 Å². The van der Waals surface area contributed by atoms with Gasteiger partial charge in [0.25, 0.3) is 5.56 Å². The first-order chi connectivity index (χ1) is 11.3. The molecule has 0 radical (unpaired) electrons. The third-order valence-corrected chi connectivity index (χ3v) is 4.01. The summed E-state index contributed by atoms with van der Waals surface area (Å²) in [6, 6.07) is 1.36. The molecule has 2 rings (SSSR count). The van der Waals surface area contributed by atoms with Crippen molar-refractivity contribution >= 4 is 6.03 Å². The molecule has 130 valence electrons. The highest BCUT2D eigenvalue weighted by Crippen LogP contribution is 2.19. The predicted octanol–water partition coefficient (Wildman–Crippen LogP) is 1.92. The van der Waals surface area contributed by atoms with Crippen molar-refractivity contribution in [2.45, 2.75) is 40.3 Å². The lowest BCUT2D eigenvalue weighted by Gasteiger charge is -2.22. The maximum atomic E-state index is 12.3. The van der Waals surface area contributed by atoms with E-state index >= 15 is 0 Å². The number of H-pyrrole nitrogens is 1. The van der Waals surface area contributed by atoms with Gasteiger partial charge in [0.15, 0.2) is 0 Å². The number of nitrogens with one attached hydrogen (secondary N) is 3. The van der Waals surface area contributed by atoms with Crippen LogP contribution in [-0.4, -0.2) is 20.6 Å². The minimum absolute atomic E-state index is 0.169. The zero-order valence-corrected chi connectivity index (χ0v) is 14.8. The molecule has 0 aromatic carbocycles. The van der Waals surface area contributed by atoms with Gasteiger partial charge in [0.1, 0.15) is 5.82 Å². The summed E-state index contributed by atoms with van der Waals surface area (Å²) >= 11 is 0. The zero-order valence-electron chi connectivity index (χ0n) is 14.8. The van der Waals surface area contributed by atoms with Gasteiger partial charge in [-0.15, -0.1) is 0 Å². The number of amides is 2. The molecule has 0 saturated carbocycles. The van der Waals surface area contributed by atoms with E-state index in [0.29, 0.717) is 5.56 Å². The minimum Gasteiger partial charge on any atom is -0.336 e. The smallest absolute Gasteiger partial charge is 0.315 e. The Morgan fingerprint density at radius 1 is 1.38 bits per heavy atom. The quantitative estimate of drug-likeness (QED) is 0.781. The standard InChI is InChI=1S/C17H25N5O2/c1-10(2)14(15-18-6-7-22(15)5)21-17(24)19-9-13-11(3)8-12(4)20-16(13)23/h6-8,10,14H,9H2,1-5H3,(H,20,23)(H2,19,21,24)/t14-/m0/s1. The summed E-state index contributed by atoms with van der Waals surface area (Å²) in [5.74, 6) is 0.978. The SMILES string of the molecule is Cc1cc(C)c(CNC(=O)N[C@H](c2nccn2C)C(C)C)c(=O)[nH]1. The molecule has 0 fully saturated rings. The molecular weight excluding hydrogens is 306 g/mol. The summed E-state index contributed by atoms with van der Waals surface area (Å²) in [7, 11) is 1.90. The Kier molecular flexibility index (Phi) is 5.43. The molecule has 0 bridgehead atoms. The van der Waals surface area contributed by atoms with Crippen LogP contribution in [0.4, 0.5) is 4.79 Å². The number of imidazole rings is 1. The molecule has 7 nitrogen and oxygen atoms in total. The van der Waals surface area contributed by atoms with Crippen LogP contribution in [0.2, 0.25) is 0 Å². The van der Waals surface area contributed by atoms with Gasteiger partial charge in [0, 0.05) is 30.7 Å². The summed E-state index contributed by atoms with van der Waals surface area (Å²) in [6.07, 6.45) is 3.55. The lowest BCUT2D eigenvalue weighted by atomic mass is 10.0. The normalized spacial score (nSPS) is 12.2. The molecule has 0 unspecified atom stereocenters. The number of rotatable bonds is 5. The number of aromatic amines is 1. The van der Waals surface area contributed by atoms with E-state index in [2.05, 4.69) is 20.6 Å². The molecule has 0 saturated heterocycles. The molecule has 1 atom stereocenters. The molecule has 2 amide bonds. The van der Waals surface area contributed by atoms with E-state index in [-0.39, 0.29) is 30.1 Å². The fraction of sp³-hybridized carbons (Fsp3) is 0.471. The molecule has 2 aromatic rings. The predicted molar refractivity (Wildman–Crippen MR) is 92.7 cm³/mol. The van der Waals surface area contributed by atoms with Gasteiger partial charge in [-0.05, 0) is 31.4 Å². The van der Waals surface area contributed by atoms with E-state index in [1.54, 1.807) is 6.20 Å². The molecular formula is C17H25N5O2. The van der Waals surface area contributed by atoms with E-state index in [0.717, 1.165) is 17.1 Å². The van der Waals surface area contributed by atoms with Gasteiger partial charge in [0.2, 0.25) is 0 Å². The molecule has 7 heteroatoms. The maximum Gasteiger partial charge on any atom is 0.315 e. The first-order valence-electron chi connectivity index (χ1n) is 8.00. The van der Waals surface area contributed by atoms with E-state index in [9.17, 15) is 9.59 Å². The van der Waals surface area contributed by atoms with Crippen molar-refractivity contribution in [1.29, 1.82) is 0 Å². The van der Waals surface area contributed by atoms with Crippen LogP contribution in [0, 0.1) is 19.8 Å². The lowest BCUT2D eigenvalue weighted by Crippen LogP contribution is -2.41. The third kappa shape index (κ3) is 4.04. The highest BCUT2D eigenvalue weighted by atomic mass is 16.2. The average molecular weight is 331 g/mol. The molecule has 2 heterocycles. The minimum atomic E-state index is -0.323. The van der Waals surface area contributed by atoms with Gasteiger partial charge in [-0.25, -0.2) is 9.78 Å². The summed E-state index contributed by atoms with van der Waals surface area (Å²) in [4.78, 5) is 31.3. The number of aromatic nitrogens is 3. The fourth-order valence-electron chi connectivity index (χ4n) is 2.67. The number of hydrogen-bond acceptors (Lipinski definition) is 3. The second kappa shape index (κ2) is 7.33. The molecule has 0 aliphatic carbocycles. The Hall–Kier alpha value is -2.57. The highest BCUT2D eigenvalue weighted by molar-refractivity contribution is 5.74. The van der Waals surface area contributed by atoms with E-state index in [1.807, 2.05) is 51.6 Å². The Morgan fingerprint density at radius 2 is 2.08 bits per heavy atom. The van der Waals surface area contributed by atoms with Crippen molar-refractivity contribution in [3.63, 3.8) is 0 Å². The fourth-order valence-corrected chi connectivity index (χ4v) is 2.67. The van der Waals surface area contributed by atoms with E-state index < -0.39 is 0 Å². The summed E-state index contributed by atoms with van der Waals surface area (Å²) in [5.41, 5.74) is 2.06. The number of pyridine rings is 1. The molecule has 0 aliphatic heterocycles. The van der Waals surface area contributed by atoms with Gasteiger partial charge >= 0.3 is 6.03 Å². The van der Waals surface area contributed by atoms with Crippen molar-refractivity contribution < 1.29 is 4.79 Å². The molecule has 0 aliphatic rings. The lowest BCUT2D eigenvalue weighted by molar-refractivity contribution is 0.231. The van der Waals surface area contributed by atoms with Crippen molar-refractivity contribution in [3.8, 4) is 0 Å². The van der Waals surface area contributed by atoms with Gasteiger partial charge in [-0.2, -0.15) is 0 Å².